The molecule has 0 bridgehead atoms. The Hall–Kier alpha value is -1.59. The van der Waals surface area contributed by atoms with Crippen LogP contribution in [0.2, 0.25) is 0 Å². The fourth-order valence-electron chi connectivity index (χ4n) is 4.96. The second-order valence-electron chi connectivity index (χ2n) is 8.92. The van der Waals surface area contributed by atoms with E-state index in [1.54, 1.807) is 6.07 Å². The molecule has 0 saturated carbocycles. The van der Waals surface area contributed by atoms with Gasteiger partial charge in [-0.15, -0.1) is 0 Å². The third-order valence-corrected chi connectivity index (χ3v) is 6.60. The SMILES string of the molecule is CCCCCCc1cc2c(c(CCCCCC)c1B(O)O)Cc1cc(B(O)O)ccc1-2. The maximum Gasteiger partial charge on any atom is 0.488 e. The molecule has 1 aliphatic carbocycles. The smallest absolute Gasteiger partial charge is 0.423 e. The van der Waals surface area contributed by atoms with Crippen LogP contribution in [-0.4, -0.2) is 34.3 Å². The molecule has 1 aliphatic rings. The van der Waals surface area contributed by atoms with Gasteiger partial charge in [0.25, 0.3) is 0 Å². The van der Waals surface area contributed by atoms with Crippen molar-refractivity contribution in [2.45, 2.75) is 84.5 Å². The maximum absolute atomic E-state index is 10.3. The number of fused-ring (bicyclic) bond motifs is 3. The summed E-state index contributed by atoms with van der Waals surface area (Å²) in [6.45, 7) is 4.39. The first-order valence-corrected chi connectivity index (χ1v) is 12.0. The molecule has 0 radical (unpaired) electrons. The van der Waals surface area contributed by atoms with Crippen molar-refractivity contribution in [3.05, 3.63) is 46.5 Å². The Bertz CT molecular complexity index is 880. The van der Waals surface area contributed by atoms with Crippen molar-refractivity contribution in [3.8, 4) is 11.1 Å². The van der Waals surface area contributed by atoms with Crippen molar-refractivity contribution in [1.82, 2.24) is 0 Å². The van der Waals surface area contributed by atoms with Crippen LogP contribution in [-0.2, 0) is 19.3 Å². The van der Waals surface area contributed by atoms with E-state index in [-0.39, 0.29) is 0 Å². The lowest BCUT2D eigenvalue weighted by Gasteiger charge is -2.20. The quantitative estimate of drug-likeness (QED) is 0.267. The van der Waals surface area contributed by atoms with Crippen LogP contribution in [0.4, 0.5) is 0 Å². The molecule has 0 aliphatic heterocycles. The van der Waals surface area contributed by atoms with Gasteiger partial charge in [-0.05, 0) is 76.4 Å². The van der Waals surface area contributed by atoms with Gasteiger partial charge in [0.2, 0.25) is 0 Å². The fraction of sp³-hybridized carbons (Fsp3) is 0.520. The van der Waals surface area contributed by atoms with Crippen LogP contribution < -0.4 is 10.9 Å². The summed E-state index contributed by atoms with van der Waals surface area (Å²) in [5, 5.41) is 39.9. The van der Waals surface area contributed by atoms with Gasteiger partial charge in [-0.25, -0.2) is 0 Å². The zero-order valence-corrected chi connectivity index (χ0v) is 19.0. The average Bonchev–Trinajstić information content (AvgIpc) is 3.11. The van der Waals surface area contributed by atoms with Gasteiger partial charge in [-0.3, -0.25) is 0 Å². The van der Waals surface area contributed by atoms with Crippen molar-refractivity contribution in [3.63, 3.8) is 0 Å². The third-order valence-electron chi connectivity index (χ3n) is 6.60. The van der Waals surface area contributed by atoms with Gasteiger partial charge >= 0.3 is 14.2 Å². The fourth-order valence-corrected chi connectivity index (χ4v) is 4.96. The predicted octanol–water partition coefficient (Wildman–Crippen LogP) is 2.86. The van der Waals surface area contributed by atoms with Crippen LogP contribution in [0.5, 0.6) is 0 Å². The maximum atomic E-state index is 10.3. The average molecular weight is 422 g/mol. The van der Waals surface area contributed by atoms with Gasteiger partial charge in [0.1, 0.15) is 0 Å². The van der Waals surface area contributed by atoms with Crippen LogP contribution in [0.25, 0.3) is 11.1 Å². The van der Waals surface area contributed by atoms with E-state index >= 15 is 0 Å². The highest BCUT2D eigenvalue weighted by Gasteiger charge is 2.30. The number of rotatable bonds is 12. The third kappa shape index (κ3) is 5.61. The number of aryl methyl sites for hydroxylation is 1. The molecule has 2 aromatic rings. The minimum absolute atomic E-state index is 0.498. The van der Waals surface area contributed by atoms with Crippen LogP contribution in [0, 0.1) is 0 Å². The Kier molecular flexibility index (Phi) is 8.79. The molecule has 0 unspecified atom stereocenters. The van der Waals surface area contributed by atoms with Crippen molar-refractivity contribution in [2.24, 2.45) is 0 Å². The van der Waals surface area contributed by atoms with Gasteiger partial charge < -0.3 is 20.1 Å². The molecule has 0 aromatic heterocycles. The van der Waals surface area contributed by atoms with Gasteiger partial charge in [0.15, 0.2) is 0 Å². The Labute approximate surface area is 187 Å². The highest BCUT2D eigenvalue weighted by molar-refractivity contribution is 6.60. The summed E-state index contributed by atoms with van der Waals surface area (Å²) in [6, 6.07) is 7.78. The van der Waals surface area contributed by atoms with E-state index in [4.69, 9.17) is 0 Å². The first-order chi connectivity index (χ1) is 15.0. The molecule has 0 atom stereocenters. The summed E-state index contributed by atoms with van der Waals surface area (Å²) in [6.07, 6.45) is 11.5. The monoisotopic (exact) mass is 422 g/mol. The van der Waals surface area contributed by atoms with Crippen molar-refractivity contribution >= 4 is 25.2 Å². The number of benzene rings is 2. The molecule has 0 fully saturated rings. The first-order valence-electron chi connectivity index (χ1n) is 12.0. The summed E-state index contributed by atoms with van der Waals surface area (Å²) in [5.41, 5.74) is 7.91. The molecular weight excluding hydrogens is 386 g/mol. The molecule has 0 amide bonds. The molecule has 0 spiro atoms. The summed E-state index contributed by atoms with van der Waals surface area (Å²) >= 11 is 0. The Morgan fingerprint density at radius 1 is 0.742 bits per heavy atom. The lowest BCUT2D eigenvalue weighted by molar-refractivity contribution is 0.424. The molecule has 4 nitrogen and oxygen atoms in total. The lowest BCUT2D eigenvalue weighted by Crippen LogP contribution is -2.37. The minimum atomic E-state index is -1.48. The molecular formula is C25H36B2O4. The summed E-state index contributed by atoms with van der Waals surface area (Å²) in [5.74, 6) is 0. The number of hydrogen-bond acceptors (Lipinski definition) is 4. The van der Waals surface area contributed by atoms with Gasteiger partial charge in [-0.1, -0.05) is 76.6 Å². The van der Waals surface area contributed by atoms with Gasteiger partial charge in [0, 0.05) is 0 Å². The molecule has 3 rings (SSSR count). The van der Waals surface area contributed by atoms with Crippen LogP contribution in [0.15, 0.2) is 24.3 Å². The molecule has 0 saturated heterocycles. The lowest BCUT2D eigenvalue weighted by atomic mass is 9.69. The standard InChI is InChI=1S/C25H36B2O4/c1-3-5-7-9-11-18-16-23-21-14-13-20(26(28)29)15-19(21)17-24(23)22(25(18)27(30)31)12-10-8-6-4-2/h13-16,28-31H,3-12,17H2,1-2H3. The van der Waals surface area contributed by atoms with E-state index < -0.39 is 14.2 Å². The topological polar surface area (TPSA) is 80.9 Å². The van der Waals surface area contributed by atoms with E-state index in [1.807, 2.05) is 12.1 Å². The highest BCUT2D eigenvalue weighted by atomic mass is 16.4. The molecule has 4 N–H and O–H groups in total. The Balaban J connectivity index is 2.03. The van der Waals surface area contributed by atoms with E-state index in [0.29, 0.717) is 17.3 Å². The highest BCUT2D eigenvalue weighted by Crippen LogP contribution is 2.39. The second-order valence-corrected chi connectivity index (χ2v) is 8.92. The second kappa shape index (κ2) is 11.3. The molecule has 166 valence electrons. The van der Waals surface area contributed by atoms with E-state index in [2.05, 4.69) is 19.9 Å². The number of hydrogen-bond donors (Lipinski definition) is 4. The summed E-state index contributed by atoms with van der Waals surface area (Å²) < 4.78 is 0. The number of unbranched alkanes of at least 4 members (excludes halogenated alkanes) is 6. The predicted molar refractivity (Wildman–Crippen MR) is 130 cm³/mol. The van der Waals surface area contributed by atoms with E-state index in [0.717, 1.165) is 60.8 Å². The normalized spacial score (nSPS) is 12.1. The van der Waals surface area contributed by atoms with Crippen LogP contribution in [0.1, 0.15) is 87.5 Å². The molecule has 0 heterocycles. The zero-order chi connectivity index (χ0) is 22.4. The van der Waals surface area contributed by atoms with Gasteiger partial charge in [0.05, 0.1) is 0 Å². The molecule has 2 aromatic carbocycles. The largest absolute Gasteiger partial charge is 0.488 e. The van der Waals surface area contributed by atoms with Crippen LogP contribution in [0.3, 0.4) is 0 Å². The molecule has 6 heteroatoms. The molecule has 31 heavy (non-hydrogen) atoms. The zero-order valence-electron chi connectivity index (χ0n) is 19.0. The van der Waals surface area contributed by atoms with E-state index in [1.165, 1.54) is 36.8 Å². The Morgan fingerprint density at radius 3 is 2.03 bits per heavy atom. The van der Waals surface area contributed by atoms with Crippen LogP contribution >= 0.6 is 0 Å². The van der Waals surface area contributed by atoms with E-state index in [9.17, 15) is 20.1 Å². The minimum Gasteiger partial charge on any atom is -0.423 e. The summed E-state index contributed by atoms with van der Waals surface area (Å²) in [7, 11) is -2.95. The summed E-state index contributed by atoms with van der Waals surface area (Å²) in [4.78, 5) is 0. The van der Waals surface area contributed by atoms with Crippen molar-refractivity contribution in [1.29, 1.82) is 0 Å². The van der Waals surface area contributed by atoms with Crippen molar-refractivity contribution in [2.75, 3.05) is 0 Å². The van der Waals surface area contributed by atoms with Crippen molar-refractivity contribution < 1.29 is 20.1 Å². The first kappa shape index (κ1) is 24.1. The Morgan fingerprint density at radius 2 is 1.42 bits per heavy atom. The van der Waals surface area contributed by atoms with Gasteiger partial charge in [-0.2, -0.15) is 0 Å².